The van der Waals surface area contributed by atoms with Crippen molar-refractivity contribution in [3.8, 4) is 11.5 Å². The molecule has 174 valence electrons. The fourth-order valence-electron chi connectivity index (χ4n) is 3.64. The van der Waals surface area contributed by atoms with Gasteiger partial charge in [-0.05, 0) is 55.3 Å². The van der Waals surface area contributed by atoms with E-state index < -0.39 is 6.10 Å². The topological polar surface area (TPSA) is 56.5 Å². The number of imidazole rings is 1. The second-order valence-electron chi connectivity index (χ2n) is 7.68. The summed E-state index contributed by atoms with van der Waals surface area (Å²) in [5.41, 5.74) is 3.92. The summed E-state index contributed by atoms with van der Waals surface area (Å²) >= 11 is 12.1. The highest BCUT2D eigenvalue weighted by Gasteiger charge is 2.16. The average Bonchev–Trinajstić information content (AvgIpc) is 3.10. The molecule has 1 atom stereocenters. The summed E-state index contributed by atoms with van der Waals surface area (Å²) in [5, 5.41) is 11.6. The molecule has 0 aliphatic heterocycles. The van der Waals surface area contributed by atoms with E-state index in [4.69, 9.17) is 37.7 Å². The Labute approximate surface area is 209 Å². The number of aliphatic hydroxyl groups excluding tert-OH is 1. The van der Waals surface area contributed by atoms with E-state index in [1.165, 1.54) is 0 Å². The smallest absolute Gasteiger partial charge is 0.148 e. The molecule has 0 radical (unpaired) electrons. The highest BCUT2D eigenvalue weighted by Crippen LogP contribution is 2.28. The van der Waals surface area contributed by atoms with Gasteiger partial charge in [-0.25, -0.2) is 4.98 Å². The lowest BCUT2D eigenvalue weighted by Gasteiger charge is -2.17. The second-order valence-corrected chi connectivity index (χ2v) is 8.52. The molecule has 1 heterocycles. The van der Waals surface area contributed by atoms with Gasteiger partial charge in [0.1, 0.15) is 36.6 Å². The van der Waals surface area contributed by atoms with E-state index >= 15 is 0 Å². The van der Waals surface area contributed by atoms with Gasteiger partial charge in [0, 0.05) is 5.02 Å². The maximum absolute atomic E-state index is 10.7. The number of aryl methyl sites for hydroxylation is 2. The molecular formula is C25H25Cl3N2O3. The Morgan fingerprint density at radius 2 is 1.70 bits per heavy atom. The fraction of sp³-hybridized carbons (Fsp3) is 0.240. The summed E-state index contributed by atoms with van der Waals surface area (Å²) in [5.74, 6) is 2.06. The Bertz CT molecular complexity index is 1220. The van der Waals surface area contributed by atoms with E-state index in [1.54, 1.807) is 18.2 Å². The van der Waals surface area contributed by atoms with Crippen molar-refractivity contribution in [1.29, 1.82) is 0 Å². The van der Waals surface area contributed by atoms with Gasteiger partial charge < -0.3 is 19.1 Å². The van der Waals surface area contributed by atoms with Gasteiger partial charge in [0.25, 0.3) is 0 Å². The maximum Gasteiger partial charge on any atom is 0.148 e. The molecule has 0 amide bonds. The van der Waals surface area contributed by atoms with Crippen LogP contribution < -0.4 is 9.47 Å². The fourth-order valence-corrected chi connectivity index (χ4v) is 4.11. The number of halogens is 3. The number of fused-ring (bicyclic) bond motifs is 1. The molecular weight excluding hydrogens is 483 g/mol. The number of para-hydroxylation sites is 3. The van der Waals surface area contributed by atoms with Gasteiger partial charge in [0.2, 0.25) is 0 Å². The molecule has 1 unspecified atom stereocenters. The monoisotopic (exact) mass is 506 g/mol. The van der Waals surface area contributed by atoms with Crippen LogP contribution in [0.15, 0.2) is 60.7 Å². The lowest BCUT2D eigenvalue weighted by Crippen LogP contribution is -2.25. The summed E-state index contributed by atoms with van der Waals surface area (Å²) in [7, 11) is 0. The molecule has 4 aromatic rings. The molecule has 0 aliphatic rings. The number of nitrogens with zero attached hydrogens (tertiary/aromatic N) is 2. The van der Waals surface area contributed by atoms with E-state index in [2.05, 4.69) is 0 Å². The van der Waals surface area contributed by atoms with Crippen LogP contribution in [0.3, 0.4) is 0 Å². The molecule has 0 fully saturated rings. The molecule has 1 aromatic heterocycles. The Morgan fingerprint density at radius 3 is 2.42 bits per heavy atom. The average molecular weight is 508 g/mol. The molecule has 33 heavy (non-hydrogen) atoms. The summed E-state index contributed by atoms with van der Waals surface area (Å²) in [4.78, 5) is 4.73. The van der Waals surface area contributed by atoms with Crippen LogP contribution in [0.4, 0.5) is 0 Å². The van der Waals surface area contributed by atoms with Gasteiger partial charge in [0.05, 0.1) is 22.6 Å². The lowest BCUT2D eigenvalue weighted by atomic mass is 10.1. The summed E-state index contributed by atoms with van der Waals surface area (Å²) in [6.45, 7) is 4.71. The van der Waals surface area contributed by atoms with Crippen LogP contribution in [0.2, 0.25) is 10.0 Å². The molecule has 0 saturated carbocycles. The van der Waals surface area contributed by atoms with Gasteiger partial charge in [-0.3, -0.25) is 0 Å². The van der Waals surface area contributed by atoms with E-state index in [-0.39, 0.29) is 25.6 Å². The van der Waals surface area contributed by atoms with Crippen LogP contribution in [0.25, 0.3) is 11.0 Å². The van der Waals surface area contributed by atoms with E-state index in [1.807, 2.05) is 60.9 Å². The second kappa shape index (κ2) is 11.1. The Morgan fingerprint density at radius 1 is 0.970 bits per heavy atom. The zero-order valence-electron chi connectivity index (χ0n) is 18.3. The summed E-state index contributed by atoms with van der Waals surface area (Å²) in [6, 6.07) is 18.9. The molecule has 4 rings (SSSR count). The van der Waals surface area contributed by atoms with Crippen LogP contribution in [-0.2, 0) is 13.2 Å². The first-order chi connectivity index (χ1) is 15.4. The molecule has 1 N–H and O–H groups in total. The number of aromatic nitrogens is 2. The standard InChI is InChI=1S/C25H24Cl2N2O3.ClH/c1-16-6-5-7-17(2)25(16)32-15-24-28-21-8-3-4-9-22(21)29(24)13-19(30)14-31-23-11-10-18(26)12-20(23)27;/h3-12,19,30H,13-15H2,1-2H3;1H. The lowest BCUT2D eigenvalue weighted by molar-refractivity contribution is 0.0918. The van der Waals surface area contributed by atoms with Crippen LogP contribution in [0.5, 0.6) is 11.5 Å². The molecule has 3 aromatic carbocycles. The van der Waals surface area contributed by atoms with Gasteiger partial charge in [-0.2, -0.15) is 0 Å². The molecule has 0 aliphatic carbocycles. The van der Waals surface area contributed by atoms with Crippen LogP contribution in [-0.4, -0.2) is 27.4 Å². The number of rotatable bonds is 8. The van der Waals surface area contributed by atoms with Gasteiger partial charge in [-0.1, -0.05) is 53.5 Å². The SMILES string of the molecule is Cc1cccc(C)c1OCc1nc2ccccc2n1CC(O)COc1ccc(Cl)cc1Cl.Cl. The third kappa shape index (κ3) is 5.92. The first-order valence-electron chi connectivity index (χ1n) is 10.3. The van der Waals surface area contributed by atoms with Crippen molar-refractivity contribution >= 4 is 46.6 Å². The number of hydrogen-bond acceptors (Lipinski definition) is 4. The minimum Gasteiger partial charge on any atom is -0.489 e. The van der Waals surface area contributed by atoms with E-state index in [9.17, 15) is 5.11 Å². The quantitative estimate of drug-likeness (QED) is 0.300. The van der Waals surface area contributed by atoms with Crippen molar-refractivity contribution < 1.29 is 14.6 Å². The zero-order valence-corrected chi connectivity index (χ0v) is 20.6. The third-order valence-electron chi connectivity index (χ3n) is 5.21. The minimum absolute atomic E-state index is 0. The number of aliphatic hydroxyl groups is 1. The van der Waals surface area contributed by atoms with Gasteiger partial charge in [-0.15, -0.1) is 12.4 Å². The third-order valence-corrected chi connectivity index (χ3v) is 5.74. The van der Waals surface area contributed by atoms with Crippen LogP contribution in [0, 0.1) is 13.8 Å². The Balaban J connectivity index is 0.00000306. The first-order valence-corrected chi connectivity index (χ1v) is 11.1. The zero-order chi connectivity index (χ0) is 22.7. The predicted molar refractivity (Wildman–Crippen MR) is 135 cm³/mol. The number of hydrogen-bond donors (Lipinski definition) is 1. The molecule has 8 heteroatoms. The molecule has 0 bridgehead atoms. The summed E-state index contributed by atoms with van der Waals surface area (Å²) in [6.07, 6.45) is -0.779. The van der Waals surface area contributed by atoms with Crippen molar-refractivity contribution in [1.82, 2.24) is 9.55 Å². The first kappa shape index (κ1) is 25.2. The highest BCUT2D eigenvalue weighted by atomic mass is 35.5. The largest absolute Gasteiger partial charge is 0.489 e. The molecule has 5 nitrogen and oxygen atoms in total. The number of benzene rings is 3. The van der Waals surface area contributed by atoms with Crippen molar-refractivity contribution in [2.24, 2.45) is 0 Å². The van der Waals surface area contributed by atoms with Gasteiger partial charge >= 0.3 is 0 Å². The predicted octanol–water partition coefficient (Wildman–Crippen LogP) is 6.40. The Hall–Kier alpha value is -2.44. The van der Waals surface area contributed by atoms with Crippen molar-refractivity contribution in [3.63, 3.8) is 0 Å². The Kier molecular flexibility index (Phi) is 8.49. The van der Waals surface area contributed by atoms with E-state index in [0.29, 0.717) is 22.3 Å². The maximum atomic E-state index is 10.7. The normalized spacial score (nSPS) is 11.8. The van der Waals surface area contributed by atoms with E-state index in [0.717, 1.165) is 33.7 Å². The van der Waals surface area contributed by atoms with Crippen LogP contribution >= 0.6 is 35.6 Å². The molecule has 0 saturated heterocycles. The summed E-state index contributed by atoms with van der Waals surface area (Å²) < 4.78 is 13.8. The molecule has 0 spiro atoms. The highest BCUT2D eigenvalue weighted by molar-refractivity contribution is 6.35. The van der Waals surface area contributed by atoms with Crippen LogP contribution in [0.1, 0.15) is 17.0 Å². The van der Waals surface area contributed by atoms with Crippen molar-refractivity contribution in [2.45, 2.75) is 33.1 Å². The number of ether oxygens (including phenoxy) is 2. The van der Waals surface area contributed by atoms with Crippen molar-refractivity contribution in [2.75, 3.05) is 6.61 Å². The van der Waals surface area contributed by atoms with Gasteiger partial charge in [0.15, 0.2) is 0 Å². The minimum atomic E-state index is -0.779. The van der Waals surface area contributed by atoms with Crippen molar-refractivity contribution in [3.05, 3.63) is 87.7 Å².